The molecule has 2 rings (SSSR count). The van der Waals surface area contributed by atoms with E-state index >= 15 is 0 Å². The van der Waals surface area contributed by atoms with Crippen molar-refractivity contribution in [3.05, 3.63) is 58.1 Å². The zero-order chi connectivity index (χ0) is 17.7. The van der Waals surface area contributed by atoms with E-state index in [-0.39, 0.29) is 5.02 Å². The number of hydrogen-bond donors (Lipinski definition) is 1. The fraction of sp³-hybridized carbons (Fsp3) is 0.176. The van der Waals surface area contributed by atoms with Crippen molar-refractivity contribution in [2.45, 2.75) is 13.0 Å². The van der Waals surface area contributed by atoms with Gasteiger partial charge in [0.2, 0.25) is 0 Å². The number of amides is 1. The van der Waals surface area contributed by atoms with E-state index in [4.69, 9.17) is 32.7 Å². The van der Waals surface area contributed by atoms with Gasteiger partial charge in [-0.3, -0.25) is 4.79 Å². The van der Waals surface area contributed by atoms with Crippen molar-refractivity contribution in [1.29, 1.82) is 0 Å². The molecule has 1 atom stereocenters. The molecule has 0 aromatic heterocycles. The van der Waals surface area contributed by atoms with Crippen LogP contribution >= 0.6 is 23.2 Å². The van der Waals surface area contributed by atoms with Gasteiger partial charge in [-0.05, 0) is 43.3 Å². The molecule has 0 radical (unpaired) electrons. The largest absolute Gasteiger partial charge is 0.497 e. The lowest BCUT2D eigenvalue weighted by atomic mass is 10.2. The number of hydrogen-bond acceptors (Lipinski definition) is 4. The van der Waals surface area contributed by atoms with Gasteiger partial charge < -0.3 is 14.8 Å². The molecule has 0 spiro atoms. The van der Waals surface area contributed by atoms with Crippen LogP contribution in [0.5, 0.6) is 5.75 Å². The maximum atomic E-state index is 12.1. The number of carbonyl (C=O) groups is 2. The molecule has 0 aliphatic rings. The molecule has 1 N–H and O–H groups in total. The molecular formula is C17H15Cl2NO4. The number of anilines is 1. The van der Waals surface area contributed by atoms with Crippen molar-refractivity contribution in [2.75, 3.05) is 12.4 Å². The summed E-state index contributed by atoms with van der Waals surface area (Å²) < 4.78 is 10.2. The van der Waals surface area contributed by atoms with Crippen molar-refractivity contribution in [2.24, 2.45) is 0 Å². The molecule has 0 saturated heterocycles. The molecule has 0 heterocycles. The molecule has 5 nitrogen and oxygen atoms in total. The summed E-state index contributed by atoms with van der Waals surface area (Å²) in [6, 6.07) is 11.2. The van der Waals surface area contributed by atoms with E-state index in [2.05, 4.69) is 5.32 Å². The zero-order valence-electron chi connectivity index (χ0n) is 13.0. The van der Waals surface area contributed by atoms with Gasteiger partial charge in [0.1, 0.15) is 5.75 Å². The van der Waals surface area contributed by atoms with Crippen molar-refractivity contribution < 1.29 is 19.1 Å². The molecule has 2 aromatic rings. The van der Waals surface area contributed by atoms with E-state index in [0.29, 0.717) is 22.0 Å². The molecule has 0 bridgehead atoms. The number of methoxy groups -OCH3 is 1. The predicted molar refractivity (Wildman–Crippen MR) is 93.0 cm³/mol. The van der Waals surface area contributed by atoms with Crippen molar-refractivity contribution in [1.82, 2.24) is 0 Å². The molecule has 1 amide bonds. The molecule has 0 unspecified atom stereocenters. The molecule has 0 aliphatic carbocycles. The van der Waals surface area contributed by atoms with Crippen LogP contribution in [0, 0.1) is 0 Å². The highest BCUT2D eigenvalue weighted by atomic mass is 35.5. The summed E-state index contributed by atoms with van der Waals surface area (Å²) in [5, 5.41) is 3.11. The lowest BCUT2D eigenvalue weighted by Crippen LogP contribution is -2.30. The van der Waals surface area contributed by atoms with Gasteiger partial charge in [0.15, 0.2) is 6.10 Å². The van der Waals surface area contributed by atoms with Crippen LogP contribution in [0.2, 0.25) is 10.0 Å². The minimum atomic E-state index is -1.00. The van der Waals surface area contributed by atoms with Gasteiger partial charge in [-0.15, -0.1) is 0 Å². The first-order chi connectivity index (χ1) is 11.4. The van der Waals surface area contributed by atoms with E-state index in [1.165, 1.54) is 14.0 Å². The predicted octanol–water partition coefficient (Wildman–Crippen LogP) is 4.19. The highest BCUT2D eigenvalue weighted by Crippen LogP contribution is 2.29. The second-order valence-electron chi connectivity index (χ2n) is 4.87. The molecule has 7 heteroatoms. The Kier molecular flexibility index (Phi) is 6.06. The van der Waals surface area contributed by atoms with Crippen LogP contribution in [-0.4, -0.2) is 25.1 Å². The SMILES string of the molecule is COc1ccc(C(=O)O[C@H](C)C(=O)Nc2cccc(Cl)c2Cl)cc1. The van der Waals surface area contributed by atoms with Gasteiger partial charge in [-0.25, -0.2) is 4.79 Å². The Morgan fingerprint density at radius 1 is 1.08 bits per heavy atom. The number of benzene rings is 2. The Morgan fingerprint density at radius 2 is 1.75 bits per heavy atom. The lowest BCUT2D eigenvalue weighted by Gasteiger charge is -2.14. The average Bonchev–Trinajstić information content (AvgIpc) is 2.58. The Balaban J connectivity index is 2.00. The number of carbonyl (C=O) groups excluding carboxylic acids is 2. The van der Waals surface area contributed by atoms with Crippen LogP contribution in [0.15, 0.2) is 42.5 Å². The van der Waals surface area contributed by atoms with Gasteiger partial charge in [-0.1, -0.05) is 29.3 Å². The smallest absolute Gasteiger partial charge is 0.338 e. The zero-order valence-corrected chi connectivity index (χ0v) is 14.5. The van der Waals surface area contributed by atoms with Crippen LogP contribution in [0.25, 0.3) is 0 Å². The fourth-order valence-corrected chi connectivity index (χ4v) is 2.19. The second kappa shape index (κ2) is 8.04. The van der Waals surface area contributed by atoms with Gasteiger partial charge in [0, 0.05) is 0 Å². The molecule has 0 fully saturated rings. The third-order valence-electron chi connectivity index (χ3n) is 3.19. The van der Waals surface area contributed by atoms with Crippen molar-refractivity contribution >= 4 is 40.8 Å². The molecule has 2 aromatic carbocycles. The summed E-state index contributed by atoms with van der Waals surface area (Å²) in [6.45, 7) is 1.47. The van der Waals surface area contributed by atoms with Crippen LogP contribution in [0.4, 0.5) is 5.69 Å². The molecule has 0 aliphatic heterocycles. The minimum absolute atomic E-state index is 0.223. The summed E-state index contributed by atoms with van der Waals surface area (Å²) >= 11 is 11.9. The van der Waals surface area contributed by atoms with Gasteiger partial charge in [0.25, 0.3) is 5.91 Å². The second-order valence-corrected chi connectivity index (χ2v) is 5.65. The molecular weight excluding hydrogens is 353 g/mol. The van der Waals surface area contributed by atoms with Gasteiger partial charge in [0.05, 0.1) is 28.4 Å². The van der Waals surface area contributed by atoms with E-state index in [1.54, 1.807) is 42.5 Å². The van der Waals surface area contributed by atoms with Crippen molar-refractivity contribution in [3.63, 3.8) is 0 Å². The van der Waals surface area contributed by atoms with Gasteiger partial charge in [-0.2, -0.15) is 0 Å². The molecule has 0 saturated carbocycles. The average molecular weight is 368 g/mol. The number of esters is 1. The third kappa shape index (κ3) is 4.40. The number of halogens is 2. The molecule has 24 heavy (non-hydrogen) atoms. The number of nitrogens with one attached hydrogen (secondary N) is 1. The van der Waals surface area contributed by atoms with E-state index in [1.807, 2.05) is 0 Å². The number of ether oxygens (including phenoxy) is 2. The van der Waals surface area contributed by atoms with Crippen LogP contribution < -0.4 is 10.1 Å². The highest BCUT2D eigenvalue weighted by Gasteiger charge is 2.20. The summed E-state index contributed by atoms with van der Waals surface area (Å²) in [4.78, 5) is 24.2. The summed E-state index contributed by atoms with van der Waals surface area (Å²) in [5.41, 5.74) is 0.665. The topological polar surface area (TPSA) is 64.6 Å². The van der Waals surface area contributed by atoms with E-state index < -0.39 is 18.0 Å². The van der Waals surface area contributed by atoms with E-state index in [9.17, 15) is 9.59 Å². The van der Waals surface area contributed by atoms with E-state index in [0.717, 1.165) is 0 Å². The lowest BCUT2D eigenvalue weighted by molar-refractivity contribution is -0.123. The number of rotatable bonds is 5. The maximum absolute atomic E-state index is 12.1. The molecule has 126 valence electrons. The highest BCUT2D eigenvalue weighted by molar-refractivity contribution is 6.44. The Bertz CT molecular complexity index is 747. The standard InChI is InChI=1S/C17H15Cl2NO4/c1-10(16(21)20-14-5-3-4-13(18)15(14)19)24-17(22)11-6-8-12(23-2)9-7-11/h3-10H,1-2H3,(H,20,21)/t10-/m1/s1. The van der Waals surface area contributed by atoms with Gasteiger partial charge >= 0.3 is 5.97 Å². The minimum Gasteiger partial charge on any atom is -0.497 e. The monoisotopic (exact) mass is 367 g/mol. The van der Waals surface area contributed by atoms with Crippen LogP contribution in [0.3, 0.4) is 0 Å². The summed E-state index contributed by atoms with van der Waals surface area (Å²) in [7, 11) is 1.53. The maximum Gasteiger partial charge on any atom is 0.338 e. The first-order valence-corrected chi connectivity index (χ1v) is 7.78. The Labute approximate surface area is 149 Å². The fourth-order valence-electron chi connectivity index (χ4n) is 1.84. The normalized spacial score (nSPS) is 11.5. The Hall–Kier alpha value is -2.24. The van der Waals surface area contributed by atoms with Crippen molar-refractivity contribution in [3.8, 4) is 5.75 Å². The summed E-state index contributed by atoms with van der Waals surface area (Å²) in [5.74, 6) is -0.508. The Morgan fingerprint density at radius 3 is 2.38 bits per heavy atom. The summed E-state index contributed by atoms with van der Waals surface area (Å²) in [6.07, 6.45) is -1.00. The third-order valence-corrected chi connectivity index (χ3v) is 4.01. The van der Waals surface area contributed by atoms with Crippen LogP contribution in [0.1, 0.15) is 17.3 Å². The van der Waals surface area contributed by atoms with Crippen LogP contribution in [-0.2, 0) is 9.53 Å². The first-order valence-electron chi connectivity index (χ1n) is 7.02. The quantitative estimate of drug-likeness (QED) is 0.804. The first kappa shape index (κ1) is 18.1.